The molecule has 2 aliphatic rings. The second kappa shape index (κ2) is 7.99. The molecule has 2 heterocycles. The van der Waals surface area contributed by atoms with Gasteiger partial charge in [-0.1, -0.05) is 12.8 Å². The molecule has 2 atom stereocenters. The second-order valence-corrected chi connectivity index (χ2v) is 6.13. The first kappa shape index (κ1) is 15.8. The highest BCUT2D eigenvalue weighted by Crippen LogP contribution is 2.21. The van der Waals surface area contributed by atoms with E-state index in [1.807, 2.05) is 6.92 Å². The van der Waals surface area contributed by atoms with Crippen LogP contribution in [0.4, 0.5) is 0 Å². The number of nitrogens with zero attached hydrogens (tertiary/aromatic N) is 2. The van der Waals surface area contributed by atoms with Crippen LogP contribution in [0.15, 0.2) is 0 Å². The Bertz CT molecular complexity index is 297. The largest absolute Gasteiger partial charge is 0.465 e. The standard InChI is InChI=1S/C16H30N2O2/c1-3-20-16(19)15(18-12-8-5-9-13-18)14(2)17-10-6-4-7-11-17/h14-15H,3-13H2,1-2H3/t14-,15+/m1/s1. The third-order valence-corrected chi connectivity index (χ3v) is 4.74. The molecule has 4 heteroatoms. The lowest BCUT2D eigenvalue weighted by Gasteiger charge is -2.42. The summed E-state index contributed by atoms with van der Waals surface area (Å²) in [5.41, 5.74) is 0. The summed E-state index contributed by atoms with van der Waals surface area (Å²) in [7, 11) is 0. The van der Waals surface area contributed by atoms with Crippen LogP contribution in [-0.4, -0.2) is 60.6 Å². The molecule has 116 valence electrons. The summed E-state index contributed by atoms with van der Waals surface area (Å²) in [6.45, 7) is 8.94. The Kier molecular flexibility index (Phi) is 6.30. The van der Waals surface area contributed by atoms with Gasteiger partial charge in [0, 0.05) is 6.04 Å². The Hall–Kier alpha value is -0.610. The SMILES string of the molecule is CCOC(=O)[C@H]([C@@H](C)N1CCCCC1)N1CCCCC1. The van der Waals surface area contributed by atoms with Crippen LogP contribution >= 0.6 is 0 Å². The number of rotatable bonds is 5. The molecule has 0 saturated carbocycles. The summed E-state index contributed by atoms with van der Waals surface area (Å²) in [4.78, 5) is 17.3. The summed E-state index contributed by atoms with van der Waals surface area (Å²) in [6, 6.07) is 0.195. The van der Waals surface area contributed by atoms with Crippen molar-refractivity contribution in [3.05, 3.63) is 0 Å². The maximum atomic E-state index is 12.4. The van der Waals surface area contributed by atoms with E-state index < -0.39 is 0 Å². The zero-order valence-corrected chi connectivity index (χ0v) is 13.1. The number of carbonyl (C=O) groups is 1. The van der Waals surface area contributed by atoms with Gasteiger partial charge in [-0.15, -0.1) is 0 Å². The van der Waals surface area contributed by atoms with Crippen LogP contribution in [0.1, 0.15) is 52.4 Å². The van der Waals surface area contributed by atoms with Crippen molar-refractivity contribution in [3.8, 4) is 0 Å². The predicted molar refractivity (Wildman–Crippen MR) is 80.7 cm³/mol. The van der Waals surface area contributed by atoms with Crippen LogP contribution < -0.4 is 0 Å². The predicted octanol–water partition coefficient (Wildman–Crippen LogP) is 2.28. The minimum atomic E-state index is -0.0756. The van der Waals surface area contributed by atoms with E-state index in [-0.39, 0.29) is 18.1 Å². The molecule has 0 aliphatic carbocycles. The Morgan fingerprint density at radius 1 is 0.950 bits per heavy atom. The molecule has 0 amide bonds. The minimum absolute atomic E-state index is 0.0209. The molecule has 2 aliphatic heterocycles. The molecule has 20 heavy (non-hydrogen) atoms. The lowest BCUT2D eigenvalue weighted by atomic mass is 10.00. The van der Waals surface area contributed by atoms with Crippen molar-refractivity contribution in [1.82, 2.24) is 9.80 Å². The van der Waals surface area contributed by atoms with Crippen LogP contribution in [0.2, 0.25) is 0 Å². The minimum Gasteiger partial charge on any atom is -0.465 e. The van der Waals surface area contributed by atoms with Gasteiger partial charge in [-0.2, -0.15) is 0 Å². The number of hydrogen-bond acceptors (Lipinski definition) is 4. The van der Waals surface area contributed by atoms with Gasteiger partial charge >= 0.3 is 5.97 Å². The molecular formula is C16H30N2O2. The van der Waals surface area contributed by atoms with Crippen molar-refractivity contribution in [3.63, 3.8) is 0 Å². The van der Waals surface area contributed by atoms with Gasteiger partial charge < -0.3 is 4.74 Å². The van der Waals surface area contributed by atoms with E-state index in [2.05, 4.69) is 16.7 Å². The molecule has 2 rings (SSSR count). The third-order valence-electron chi connectivity index (χ3n) is 4.74. The number of esters is 1. The first-order chi connectivity index (χ1) is 9.74. The number of hydrogen-bond donors (Lipinski definition) is 0. The van der Waals surface area contributed by atoms with Crippen LogP contribution in [0.25, 0.3) is 0 Å². The molecule has 0 spiro atoms. The van der Waals surface area contributed by atoms with Crippen molar-refractivity contribution in [2.24, 2.45) is 0 Å². The van der Waals surface area contributed by atoms with Crippen LogP contribution in [0.3, 0.4) is 0 Å². The first-order valence-corrected chi connectivity index (χ1v) is 8.38. The van der Waals surface area contributed by atoms with Crippen molar-refractivity contribution in [1.29, 1.82) is 0 Å². The molecule has 4 nitrogen and oxygen atoms in total. The number of likely N-dealkylation sites (tertiary alicyclic amines) is 2. The molecule has 0 radical (unpaired) electrons. The molecular weight excluding hydrogens is 252 g/mol. The monoisotopic (exact) mass is 282 g/mol. The Morgan fingerprint density at radius 3 is 1.95 bits per heavy atom. The quantitative estimate of drug-likeness (QED) is 0.724. The van der Waals surface area contributed by atoms with Gasteiger partial charge in [0.15, 0.2) is 0 Å². The summed E-state index contributed by atoms with van der Waals surface area (Å²) < 4.78 is 5.36. The second-order valence-electron chi connectivity index (χ2n) is 6.13. The van der Waals surface area contributed by atoms with Gasteiger partial charge in [-0.05, 0) is 65.7 Å². The lowest BCUT2D eigenvalue weighted by molar-refractivity contribution is -0.153. The van der Waals surface area contributed by atoms with Crippen molar-refractivity contribution in [2.75, 3.05) is 32.8 Å². The fourth-order valence-corrected chi connectivity index (χ4v) is 3.60. The molecule has 0 N–H and O–H groups in total. The fourth-order valence-electron chi connectivity index (χ4n) is 3.60. The van der Waals surface area contributed by atoms with Crippen molar-refractivity contribution in [2.45, 2.75) is 64.5 Å². The number of carbonyl (C=O) groups excluding carboxylic acids is 1. The fraction of sp³-hybridized carbons (Fsp3) is 0.938. The smallest absolute Gasteiger partial charge is 0.324 e. The summed E-state index contributed by atoms with van der Waals surface area (Å²) in [5, 5.41) is 0. The van der Waals surface area contributed by atoms with E-state index in [0.29, 0.717) is 6.61 Å². The lowest BCUT2D eigenvalue weighted by Crippen LogP contribution is -2.57. The van der Waals surface area contributed by atoms with Gasteiger partial charge in [0.05, 0.1) is 6.61 Å². The zero-order valence-electron chi connectivity index (χ0n) is 13.1. The van der Waals surface area contributed by atoms with Gasteiger partial charge in [0.1, 0.15) is 6.04 Å². The highest BCUT2D eigenvalue weighted by molar-refractivity contribution is 5.76. The highest BCUT2D eigenvalue weighted by Gasteiger charge is 2.36. The normalized spacial score (nSPS) is 25.1. The van der Waals surface area contributed by atoms with E-state index >= 15 is 0 Å². The van der Waals surface area contributed by atoms with Gasteiger partial charge in [0.25, 0.3) is 0 Å². The zero-order chi connectivity index (χ0) is 14.4. The van der Waals surface area contributed by atoms with Gasteiger partial charge in [0.2, 0.25) is 0 Å². The summed E-state index contributed by atoms with van der Waals surface area (Å²) in [5.74, 6) is -0.0209. The molecule has 2 fully saturated rings. The Morgan fingerprint density at radius 2 is 1.45 bits per heavy atom. The topological polar surface area (TPSA) is 32.8 Å². The van der Waals surface area contributed by atoms with Crippen LogP contribution in [-0.2, 0) is 9.53 Å². The molecule has 0 aromatic carbocycles. The molecule has 0 unspecified atom stereocenters. The average molecular weight is 282 g/mol. The highest BCUT2D eigenvalue weighted by atomic mass is 16.5. The van der Waals surface area contributed by atoms with E-state index in [9.17, 15) is 4.79 Å². The third kappa shape index (κ3) is 3.95. The number of ether oxygens (including phenoxy) is 1. The maximum absolute atomic E-state index is 12.4. The molecule has 0 aromatic rings. The van der Waals surface area contributed by atoms with Crippen LogP contribution in [0.5, 0.6) is 0 Å². The van der Waals surface area contributed by atoms with Gasteiger partial charge in [-0.3, -0.25) is 14.6 Å². The molecule has 0 bridgehead atoms. The van der Waals surface area contributed by atoms with E-state index in [4.69, 9.17) is 4.74 Å². The van der Waals surface area contributed by atoms with Crippen LogP contribution in [0, 0.1) is 0 Å². The van der Waals surface area contributed by atoms with E-state index in [1.165, 1.54) is 38.5 Å². The van der Waals surface area contributed by atoms with Gasteiger partial charge in [-0.25, -0.2) is 0 Å². The Labute approximate surface area is 123 Å². The van der Waals surface area contributed by atoms with E-state index in [1.54, 1.807) is 0 Å². The van der Waals surface area contributed by atoms with Crippen molar-refractivity contribution < 1.29 is 9.53 Å². The molecule has 0 aromatic heterocycles. The van der Waals surface area contributed by atoms with Crippen molar-refractivity contribution >= 4 is 5.97 Å². The first-order valence-electron chi connectivity index (χ1n) is 8.38. The maximum Gasteiger partial charge on any atom is 0.324 e. The summed E-state index contributed by atoms with van der Waals surface area (Å²) >= 11 is 0. The molecule has 2 saturated heterocycles. The average Bonchev–Trinajstić information content (AvgIpc) is 2.50. The number of piperidine rings is 2. The van der Waals surface area contributed by atoms with E-state index in [0.717, 1.165) is 26.2 Å². The summed E-state index contributed by atoms with van der Waals surface area (Å²) in [6.07, 6.45) is 7.58. The Balaban J connectivity index is 2.04.